The Morgan fingerprint density at radius 3 is 2.57 bits per heavy atom. The summed E-state index contributed by atoms with van der Waals surface area (Å²) in [6.07, 6.45) is 5.76. The van der Waals surface area contributed by atoms with E-state index in [2.05, 4.69) is 9.29 Å². The van der Waals surface area contributed by atoms with Crippen molar-refractivity contribution >= 4 is 32.3 Å². The predicted molar refractivity (Wildman–Crippen MR) is 114 cm³/mol. The summed E-state index contributed by atoms with van der Waals surface area (Å²) in [5.74, 6) is 0.795. The first-order valence-electron chi connectivity index (χ1n) is 9.43. The number of nitrogen functional groups attached to an aromatic ring is 1. The van der Waals surface area contributed by atoms with Crippen molar-refractivity contribution < 1.29 is 13.2 Å². The molecule has 0 saturated heterocycles. The number of rotatable bonds is 5. The van der Waals surface area contributed by atoms with E-state index in [1.54, 1.807) is 13.2 Å². The van der Waals surface area contributed by atoms with E-state index >= 15 is 0 Å². The topological polar surface area (TPSA) is 86.3 Å². The fourth-order valence-electron chi connectivity index (χ4n) is 4.22. The summed E-state index contributed by atoms with van der Waals surface area (Å²) >= 11 is 0. The Morgan fingerprint density at radius 1 is 1.14 bits per heavy atom. The number of aromatic nitrogens is 1. The summed E-state index contributed by atoms with van der Waals surface area (Å²) in [6, 6.07) is 13.7. The van der Waals surface area contributed by atoms with E-state index in [1.807, 2.05) is 36.4 Å². The molecule has 1 saturated carbocycles. The lowest BCUT2D eigenvalue weighted by atomic mass is 10.1. The zero-order valence-electron chi connectivity index (χ0n) is 16.1. The van der Waals surface area contributed by atoms with Gasteiger partial charge in [0.15, 0.2) is 0 Å². The monoisotopic (exact) mass is 399 g/mol. The molecule has 4 rings (SSSR count). The van der Waals surface area contributed by atoms with Crippen LogP contribution in [0, 0.1) is 0 Å². The van der Waals surface area contributed by atoms with Gasteiger partial charge in [-0.25, -0.2) is 8.42 Å². The molecular weight excluding hydrogens is 374 g/mol. The lowest BCUT2D eigenvalue weighted by Crippen LogP contribution is -2.10. The Hall–Kier alpha value is -2.67. The molecule has 0 atom stereocenters. The van der Waals surface area contributed by atoms with Gasteiger partial charge in [0.25, 0.3) is 0 Å². The second kappa shape index (κ2) is 7.05. The van der Waals surface area contributed by atoms with E-state index in [1.165, 1.54) is 12.8 Å². The van der Waals surface area contributed by atoms with E-state index in [9.17, 15) is 8.42 Å². The number of ether oxygens (including phenoxy) is 1. The molecule has 1 fully saturated rings. The van der Waals surface area contributed by atoms with Gasteiger partial charge in [-0.2, -0.15) is 0 Å². The highest BCUT2D eigenvalue weighted by molar-refractivity contribution is 7.92. The number of anilines is 2. The number of nitrogens with zero attached hydrogens (tertiary/aromatic N) is 1. The van der Waals surface area contributed by atoms with Crippen LogP contribution >= 0.6 is 0 Å². The molecule has 3 aromatic rings. The fourth-order valence-corrected chi connectivity index (χ4v) is 4.78. The van der Waals surface area contributed by atoms with Crippen molar-refractivity contribution in [2.45, 2.75) is 31.7 Å². The Kier molecular flexibility index (Phi) is 4.71. The SMILES string of the molecule is COc1ccc2c(N)c(-c3cccc(NS(C)(=O)=O)c3)n(C3CCCC3)c2c1. The van der Waals surface area contributed by atoms with Gasteiger partial charge in [-0.3, -0.25) is 4.72 Å². The standard InChI is InChI=1S/C21H25N3O3S/c1-27-17-10-11-18-19(13-17)24(16-8-3-4-9-16)21(20(18)22)14-6-5-7-15(12-14)23-28(2,25)26/h5-7,10-13,16,23H,3-4,8-9,22H2,1-2H3. The molecule has 0 aliphatic heterocycles. The average molecular weight is 400 g/mol. The van der Waals surface area contributed by atoms with Crippen LogP contribution in [0.25, 0.3) is 22.2 Å². The fraction of sp³-hybridized carbons (Fsp3) is 0.333. The second-order valence-electron chi connectivity index (χ2n) is 7.41. The van der Waals surface area contributed by atoms with Gasteiger partial charge in [-0.1, -0.05) is 25.0 Å². The minimum Gasteiger partial charge on any atom is -0.497 e. The van der Waals surface area contributed by atoms with Gasteiger partial charge in [-0.05, 0) is 37.1 Å². The molecule has 0 amide bonds. The third kappa shape index (κ3) is 3.42. The number of methoxy groups -OCH3 is 1. The van der Waals surface area contributed by atoms with Gasteiger partial charge in [0.1, 0.15) is 5.75 Å². The highest BCUT2D eigenvalue weighted by Crippen LogP contribution is 2.44. The van der Waals surface area contributed by atoms with E-state index in [0.717, 1.165) is 47.0 Å². The van der Waals surface area contributed by atoms with Crippen LogP contribution < -0.4 is 15.2 Å². The maximum atomic E-state index is 11.6. The molecule has 3 N–H and O–H groups in total. The van der Waals surface area contributed by atoms with Crippen LogP contribution in [-0.2, 0) is 10.0 Å². The zero-order valence-corrected chi connectivity index (χ0v) is 16.9. The number of nitrogens with two attached hydrogens (primary N) is 1. The van der Waals surface area contributed by atoms with Crippen molar-refractivity contribution in [3.05, 3.63) is 42.5 Å². The predicted octanol–water partition coefficient (Wildman–Crippen LogP) is 4.39. The van der Waals surface area contributed by atoms with Gasteiger partial charge < -0.3 is 15.0 Å². The van der Waals surface area contributed by atoms with Gasteiger partial charge in [0.2, 0.25) is 10.0 Å². The van der Waals surface area contributed by atoms with Crippen molar-refractivity contribution in [2.24, 2.45) is 0 Å². The van der Waals surface area contributed by atoms with Crippen LogP contribution in [0.1, 0.15) is 31.7 Å². The number of sulfonamides is 1. The van der Waals surface area contributed by atoms with Crippen LogP contribution in [0.2, 0.25) is 0 Å². The Bertz CT molecular complexity index is 1130. The highest BCUT2D eigenvalue weighted by atomic mass is 32.2. The quantitative estimate of drug-likeness (QED) is 0.666. The molecule has 2 aromatic carbocycles. The smallest absolute Gasteiger partial charge is 0.229 e. The molecule has 1 aliphatic carbocycles. The summed E-state index contributed by atoms with van der Waals surface area (Å²) in [6.45, 7) is 0. The largest absolute Gasteiger partial charge is 0.497 e. The molecule has 1 aliphatic rings. The molecule has 1 aromatic heterocycles. The minimum atomic E-state index is -3.35. The van der Waals surface area contributed by atoms with Gasteiger partial charge in [0.05, 0.1) is 30.3 Å². The summed E-state index contributed by atoms with van der Waals surface area (Å²) in [5.41, 5.74) is 10.7. The molecule has 7 heteroatoms. The summed E-state index contributed by atoms with van der Waals surface area (Å²) in [7, 11) is -1.69. The molecule has 28 heavy (non-hydrogen) atoms. The Labute approximate surface area is 165 Å². The third-order valence-corrected chi connectivity index (χ3v) is 5.99. The minimum absolute atomic E-state index is 0.369. The third-order valence-electron chi connectivity index (χ3n) is 5.38. The lowest BCUT2D eigenvalue weighted by Gasteiger charge is -2.19. The van der Waals surface area contributed by atoms with E-state index < -0.39 is 10.0 Å². The van der Waals surface area contributed by atoms with Crippen molar-refractivity contribution in [2.75, 3.05) is 23.8 Å². The van der Waals surface area contributed by atoms with Crippen LogP contribution in [0.15, 0.2) is 42.5 Å². The summed E-state index contributed by atoms with van der Waals surface area (Å²) in [5, 5.41) is 0.990. The molecule has 0 spiro atoms. The first kappa shape index (κ1) is 18.7. The maximum absolute atomic E-state index is 11.6. The molecule has 1 heterocycles. The first-order valence-corrected chi connectivity index (χ1v) is 11.3. The maximum Gasteiger partial charge on any atom is 0.229 e. The molecule has 148 valence electrons. The van der Waals surface area contributed by atoms with Crippen LogP contribution in [0.3, 0.4) is 0 Å². The average Bonchev–Trinajstić information content (AvgIpc) is 3.26. The van der Waals surface area contributed by atoms with Gasteiger partial charge >= 0.3 is 0 Å². The number of hydrogen-bond donors (Lipinski definition) is 2. The van der Waals surface area contributed by atoms with Crippen LogP contribution in [0.4, 0.5) is 11.4 Å². The molecule has 0 radical (unpaired) electrons. The van der Waals surface area contributed by atoms with Crippen LogP contribution in [-0.4, -0.2) is 26.4 Å². The Balaban J connectivity index is 1.94. The van der Waals surface area contributed by atoms with E-state index in [-0.39, 0.29) is 0 Å². The summed E-state index contributed by atoms with van der Waals surface area (Å²) in [4.78, 5) is 0. The lowest BCUT2D eigenvalue weighted by molar-refractivity contribution is 0.415. The number of hydrogen-bond acceptors (Lipinski definition) is 4. The van der Waals surface area contributed by atoms with Crippen molar-refractivity contribution in [1.29, 1.82) is 0 Å². The van der Waals surface area contributed by atoms with E-state index in [0.29, 0.717) is 17.4 Å². The molecular formula is C21H25N3O3S. The summed E-state index contributed by atoms with van der Waals surface area (Å²) < 4.78 is 33.6. The number of benzene rings is 2. The van der Waals surface area contributed by atoms with Crippen molar-refractivity contribution in [1.82, 2.24) is 4.57 Å². The molecule has 0 bridgehead atoms. The first-order chi connectivity index (χ1) is 13.4. The highest BCUT2D eigenvalue weighted by Gasteiger charge is 2.25. The Morgan fingerprint density at radius 2 is 1.89 bits per heavy atom. The van der Waals surface area contributed by atoms with Gasteiger partial charge in [0, 0.05) is 28.7 Å². The molecule has 6 nitrogen and oxygen atoms in total. The van der Waals surface area contributed by atoms with E-state index in [4.69, 9.17) is 10.5 Å². The van der Waals surface area contributed by atoms with Crippen molar-refractivity contribution in [3.63, 3.8) is 0 Å². The number of nitrogens with one attached hydrogen (secondary N) is 1. The molecule has 0 unspecified atom stereocenters. The van der Waals surface area contributed by atoms with Gasteiger partial charge in [-0.15, -0.1) is 0 Å². The van der Waals surface area contributed by atoms with Crippen LogP contribution in [0.5, 0.6) is 5.75 Å². The normalized spacial score (nSPS) is 15.2. The number of fused-ring (bicyclic) bond motifs is 1. The zero-order chi connectivity index (χ0) is 19.9. The van der Waals surface area contributed by atoms with Crippen molar-refractivity contribution in [3.8, 4) is 17.0 Å². The second-order valence-corrected chi connectivity index (χ2v) is 9.16.